The van der Waals surface area contributed by atoms with Crippen LogP contribution in [0.4, 0.5) is 0 Å². The average molecular weight is 153 g/mol. The van der Waals surface area contributed by atoms with Crippen LogP contribution >= 0.6 is 0 Å². The molecule has 1 saturated heterocycles. The second-order valence-corrected chi connectivity index (χ2v) is 3.01. The van der Waals surface area contributed by atoms with Crippen molar-refractivity contribution >= 4 is 12.1 Å². The van der Waals surface area contributed by atoms with Crippen molar-refractivity contribution in [3.8, 4) is 0 Å². The Morgan fingerprint density at radius 3 is 3.45 bits per heavy atom. The summed E-state index contributed by atoms with van der Waals surface area (Å²) in [5, 5.41) is 6.78. The van der Waals surface area contributed by atoms with Crippen LogP contribution < -0.4 is 10.7 Å². The second kappa shape index (κ2) is 2.53. The van der Waals surface area contributed by atoms with Gasteiger partial charge in [0.25, 0.3) is 0 Å². The van der Waals surface area contributed by atoms with Gasteiger partial charge in [0.05, 0.1) is 0 Å². The Bertz CT molecular complexity index is 202. The van der Waals surface area contributed by atoms with Crippen LogP contribution in [-0.4, -0.2) is 18.3 Å². The van der Waals surface area contributed by atoms with Gasteiger partial charge in [0.15, 0.2) is 0 Å². The van der Waals surface area contributed by atoms with Crippen molar-refractivity contribution in [1.82, 2.24) is 10.7 Å². The highest BCUT2D eigenvalue weighted by atomic mass is 16.1. The van der Waals surface area contributed by atoms with E-state index in [-0.39, 0.29) is 12.1 Å². The molecule has 4 heteroatoms. The van der Waals surface area contributed by atoms with Gasteiger partial charge in [0.1, 0.15) is 6.17 Å². The molecule has 2 heterocycles. The highest BCUT2D eigenvalue weighted by Crippen LogP contribution is 2.16. The van der Waals surface area contributed by atoms with Crippen LogP contribution in [0.5, 0.6) is 0 Å². The maximum atomic E-state index is 11.0. The summed E-state index contributed by atoms with van der Waals surface area (Å²) in [5.41, 5.74) is 2.87. The summed E-state index contributed by atoms with van der Waals surface area (Å²) in [4.78, 5) is 11.0. The SMILES string of the molecule is O=C1CCCC2C=NNC2N1. The third kappa shape index (κ3) is 1.20. The molecule has 0 aliphatic carbocycles. The Hall–Kier alpha value is -1.06. The van der Waals surface area contributed by atoms with Crippen molar-refractivity contribution in [1.29, 1.82) is 0 Å². The van der Waals surface area contributed by atoms with Crippen LogP contribution in [0.25, 0.3) is 0 Å². The lowest BCUT2D eigenvalue weighted by Gasteiger charge is -2.14. The van der Waals surface area contributed by atoms with Gasteiger partial charge in [-0.15, -0.1) is 0 Å². The molecule has 0 aromatic carbocycles. The first-order valence-corrected chi connectivity index (χ1v) is 3.94. The highest BCUT2D eigenvalue weighted by Gasteiger charge is 2.27. The fourth-order valence-corrected chi connectivity index (χ4v) is 1.53. The summed E-state index contributed by atoms with van der Waals surface area (Å²) in [6.07, 6.45) is 4.63. The van der Waals surface area contributed by atoms with Crippen molar-refractivity contribution in [2.75, 3.05) is 0 Å². The van der Waals surface area contributed by atoms with Gasteiger partial charge in [-0.3, -0.25) is 10.2 Å². The third-order valence-corrected chi connectivity index (χ3v) is 2.17. The molecule has 0 aromatic heterocycles. The van der Waals surface area contributed by atoms with Crippen LogP contribution in [-0.2, 0) is 4.79 Å². The Morgan fingerprint density at radius 2 is 2.55 bits per heavy atom. The number of fused-ring (bicyclic) bond motifs is 1. The Labute approximate surface area is 65.0 Å². The normalized spacial score (nSPS) is 35.5. The largest absolute Gasteiger partial charge is 0.334 e. The lowest BCUT2D eigenvalue weighted by atomic mass is 10.0. The quantitative estimate of drug-likeness (QED) is 0.507. The standard InChI is InChI=1S/C7H11N3O/c11-6-3-1-2-5-4-8-10-7(5)9-6/h4-5,7,10H,1-3H2,(H,9,11). The van der Waals surface area contributed by atoms with E-state index >= 15 is 0 Å². The molecule has 0 spiro atoms. The summed E-state index contributed by atoms with van der Waals surface area (Å²) in [6.45, 7) is 0. The van der Waals surface area contributed by atoms with Crippen LogP contribution in [0, 0.1) is 5.92 Å². The Kier molecular flexibility index (Phi) is 1.52. The molecule has 4 nitrogen and oxygen atoms in total. The van der Waals surface area contributed by atoms with E-state index in [0.717, 1.165) is 12.8 Å². The van der Waals surface area contributed by atoms with Gasteiger partial charge in [-0.1, -0.05) is 0 Å². The monoisotopic (exact) mass is 153 g/mol. The number of hydrogen-bond acceptors (Lipinski definition) is 3. The maximum absolute atomic E-state index is 11.0. The number of carbonyl (C=O) groups is 1. The van der Waals surface area contributed by atoms with E-state index in [1.165, 1.54) is 0 Å². The predicted molar refractivity (Wildman–Crippen MR) is 40.9 cm³/mol. The van der Waals surface area contributed by atoms with Gasteiger partial charge in [0, 0.05) is 18.6 Å². The van der Waals surface area contributed by atoms with E-state index in [1.54, 1.807) is 0 Å². The van der Waals surface area contributed by atoms with E-state index < -0.39 is 0 Å². The minimum Gasteiger partial charge on any atom is -0.334 e. The molecular formula is C7H11N3O. The first-order chi connectivity index (χ1) is 5.36. The summed E-state index contributed by atoms with van der Waals surface area (Å²) in [6, 6.07) is 0. The molecule has 0 aromatic rings. The molecule has 2 atom stereocenters. The van der Waals surface area contributed by atoms with Crippen LogP contribution in [0.15, 0.2) is 5.10 Å². The Morgan fingerprint density at radius 1 is 1.64 bits per heavy atom. The van der Waals surface area contributed by atoms with Crippen molar-refractivity contribution in [3.63, 3.8) is 0 Å². The van der Waals surface area contributed by atoms with E-state index in [4.69, 9.17) is 0 Å². The number of carbonyl (C=O) groups excluding carboxylic acids is 1. The molecule has 1 fully saturated rings. The van der Waals surface area contributed by atoms with E-state index in [1.807, 2.05) is 6.21 Å². The van der Waals surface area contributed by atoms with Gasteiger partial charge in [-0.25, -0.2) is 0 Å². The molecule has 2 N–H and O–H groups in total. The molecule has 0 radical (unpaired) electrons. The predicted octanol–water partition coefficient (Wildman–Crippen LogP) is -0.182. The summed E-state index contributed by atoms with van der Waals surface area (Å²) < 4.78 is 0. The molecular weight excluding hydrogens is 142 g/mol. The summed E-state index contributed by atoms with van der Waals surface area (Å²) >= 11 is 0. The van der Waals surface area contributed by atoms with Crippen molar-refractivity contribution in [3.05, 3.63) is 0 Å². The molecule has 1 amide bonds. The maximum Gasteiger partial charge on any atom is 0.221 e. The van der Waals surface area contributed by atoms with Crippen molar-refractivity contribution in [2.45, 2.75) is 25.4 Å². The molecule has 2 unspecified atom stereocenters. The fraction of sp³-hybridized carbons (Fsp3) is 0.714. The van der Waals surface area contributed by atoms with Gasteiger partial charge < -0.3 is 5.32 Å². The van der Waals surface area contributed by atoms with Gasteiger partial charge in [0.2, 0.25) is 5.91 Å². The van der Waals surface area contributed by atoms with Crippen LogP contribution in [0.2, 0.25) is 0 Å². The van der Waals surface area contributed by atoms with Gasteiger partial charge in [-0.2, -0.15) is 5.10 Å². The molecule has 60 valence electrons. The molecule has 2 rings (SSSR count). The van der Waals surface area contributed by atoms with Crippen LogP contribution in [0.3, 0.4) is 0 Å². The second-order valence-electron chi connectivity index (χ2n) is 3.01. The number of nitrogens with zero attached hydrogens (tertiary/aromatic N) is 1. The lowest BCUT2D eigenvalue weighted by molar-refractivity contribution is -0.121. The Balaban J connectivity index is 2.07. The van der Waals surface area contributed by atoms with Crippen LogP contribution in [0.1, 0.15) is 19.3 Å². The summed E-state index contributed by atoms with van der Waals surface area (Å²) in [7, 11) is 0. The lowest BCUT2D eigenvalue weighted by Crippen LogP contribution is -2.43. The van der Waals surface area contributed by atoms with E-state index in [9.17, 15) is 4.79 Å². The smallest absolute Gasteiger partial charge is 0.221 e. The third-order valence-electron chi connectivity index (χ3n) is 2.17. The highest BCUT2D eigenvalue weighted by molar-refractivity contribution is 5.78. The molecule has 0 saturated carbocycles. The molecule has 2 aliphatic rings. The number of hydrazone groups is 1. The van der Waals surface area contributed by atoms with E-state index in [0.29, 0.717) is 12.3 Å². The van der Waals surface area contributed by atoms with Crippen molar-refractivity contribution < 1.29 is 4.79 Å². The molecule has 0 bridgehead atoms. The number of hydrogen-bond donors (Lipinski definition) is 2. The van der Waals surface area contributed by atoms with Gasteiger partial charge in [-0.05, 0) is 12.8 Å². The number of nitrogens with one attached hydrogen (secondary N) is 2. The average Bonchev–Trinajstić information content (AvgIpc) is 2.31. The van der Waals surface area contributed by atoms with Crippen molar-refractivity contribution in [2.24, 2.45) is 11.0 Å². The minimum atomic E-state index is 0.0602. The number of rotatable bonds is 0. The minimum absolute atomic E-state index is 0.0602. The zero-order chi connectivity index (χ0) is 7.68. The summed E-state index contributed by atoms with van der Waals surface area (Å²) in [5.74, 6) is 0.539. The first-order valence-electron chi connectivity index (χ1n) is 3.94. The zero-order valence-electron chi connectivity index (χ0n) is 6.21. The molecule has 11 heavy (non-hydrogen) atoms. The molecule has 2 aliphatic heterocycles. The van der Waals surface area contributed by atoms with E-state index in [2.05, 4.69) is 15.8 Å². The zero-order valence-corrected chi connectivity index (χ0v) is 6.21. The van der Waals surface area contributed by atoms with Gasteiger partial charge >= 0.3 is 0 Å². The number of amides is 1. The fourth-order valence-electron chi connectivity index (χ4n) is 1.53. The first kappa shape index (κ1) is 6.64. The topological polar surface area (TPSA) is 53.5 Å².